The highest BCUT2D eigenvalue weighted by atomic mass is 16.5. The number of hydrogen-bond acceptors (Lipinski definition) is 4. The molecule has 0 radical (unpaired) electrons. The van der Waals surface area contributed by atoms with Crippen LogP contribution >= 0.6 is 0 Å². The Morgan fingerprint density at radius 3 is 2.17 bits per heavy atom. The zero-order valence-corrected chi connectivity index (χ0v) is 16.9. The largest absolute Gasteiger partial charge is 0.497 e. The lowest BCUT2D eigenvalue weighted by molar-refractivity contribution is -0.118. The molecule has 0 unspecified atom stereocenters. The molecule has 6 heteroatoms. The number of amides is 2. The maximum Gasteiger partial charge on any atom is 0.251 e. The van der Waals surface area contributed by atoms with Crippen molar-refractivity contribution in [3.8, 4) is 11.5 Å². The third-order valence-corrected chi connectivity index (χ3v) is 4.60. The van der Waals surface area contributed by atoms with Gasteiger partial charge in [-0.2, -0.15) is 0 Å². The van der Waals surface area contributed by atoms with Gasteiger partial charge in [0.1, 0.15) is 17.5 Å². The van der Waals surface area contributed by atoms with E-state index < -0.39 is 6.04 Å². The van der Waals surface area contributed by atoms with Crippen molar-refractivity contribution in [1.82, 2.24) is 5.32 Å². The second-order valence-corrected chi connectivity index (χ2v) is 6.64. The third-order valence-electron chi connectivity index (χ3n) is 4.60. The molecule has 0 bridgehead atoms. The number of methoxy groups -OCH3 is 2. The second kappa shape index (κ2) is 10.1. The maximum absolute atomic E-state index is 13.1. The number of ether oxygens (including phenoxy) is 2. The van der Waals surface area contributed by atoms with Crippen LogP contribution in [-0.4, -0.2) is 32.1 Å². The molecule has 30 heavy (non-hydrogen) atoms. The summed E-state index contributed by atoms with van der Waals surface area (Å²) in [6, 6.07) is 22.7. The normalized spacial score (nSPS) is 11.3. The van der Waals surface area contributed by atoms with Crippen LogP contribution in [0.25, 0.3) is 0 Å². The van der Waals surface area contributed by atoms with Gasteiger partial charge in [-0.3, -0.25) is 9.59 Å². The molecule has 0 heterocycles. The van der Waals surface area contributed by atoms with Gasteiger partial charge < -0.3 is 20.1 Å². The summed E-state index contributed by atoms with van der Waals surface area (Å²) >= 11 is 0. The van der Waals surface area contributed by atoms with Gasteiger partial charge in [-0.1, -0.05) is 48.5 Å². The summed E-state index contributed by atoms with van der Waals surface area (Å²) in [6.07, 6.45) is 0.345. The molecule has 0 aliphatic carbocycles. The van der Waals surface area contributed by atoms with Crippen molar-refractivity contribution in [2.24, 2.45) is 0 Å². The molecule has 0 fully saturated rings. The van der Waals surface area contributed by atoms with Crippen molar-refractivity contribution in [1.29, 1.82) is 0 Å². The van der Waals surface area contributed by atoms with Crippen LogP contribution in [0.1, 0.15) is 15.9 Å². The molecule has 0 saturated heterocycles. The van der Waals surface area contributed by atoms with Crippen molar-refractivity contribution < 1.29 is 19.1 Å². The molecule has 2 N–H and O–H groups in total. The number of nitrogens with one attached hydrogen (secondary N) is 2. The van der Waals surface area contributed by atoms with E-state index in [1.807, 2.05) is 36.4 Å². The highest BCUT2D eigenvalue weighted by Crippen LogP contribution is 2.29. The number of anilines is 1. The van der Waals surface area contributed by atoms with Gasteiger partial charge in [-0.15, -0.1) is 0 Å². The number of hydrogen-bond donors (Lipinski definition) is 2. The van der Waals surface area contributed by atoms with Crippen LogP contribution in [0.2, 0.25) is 0 Å². The zero-order chi connectivity index (χ0) is 21.3. The Balaban J connectivity index is 1.83. The van der Waals surface area contributed by atoms with Gasteiger partial charge in [0.15, 0.2) is 0 Å². The average molecular weight is 404 g/mol. The molecule has 3 aromatic carbocycles. The fourth-order valence-corrected chi connectivity index (χ4v) is 3.02. The minimum atomic E-state index is -0.781. The van der Waals surface area contributed by atoms with E-state index in [0.717, 1.165) is 5.56 Å². The van der Waals surface area contributed by atoms with Crippen LogP contribution < -0.4 is 20.1 Å². The fourth-order valence-electron chi connectivity index (χ4n) is 3.02. The summed E-state index contributed by atoms with van der Waals surface area (Å²) in [5.41, 5.74) is 1.89. The van der Waals surface area contributed by atoms with E-state index in [9.17, 15) is 9.59 Å². The molecule has 3 rings (SSSR count). The molecule has 0 aromatic heterocycles. The van der Waals surface area contributed by atoms with Crippen LogP contribution in [0.3, 0.4) is 0 Å². The predicted octanol–water partition coefficient (Wildman–Crippen LogP) is 3.68. The Morgan fingerprint density at radius 1 is 0.867 bits per heavy atom. The van der Waals surface area contributed by atoms with Gasteiger partial charge in [0.05, 0.1) is 19.9 Å². The fraction of sp³-hybridized carbons (Fsp3) is 0.167. The Bertz CT molecular complexity index is 991. The minimum Gasteiger partial charge on any atom is -0.497 e. The quantitative estimate of drug-likeness (QED) is 0.600. The van der Waals surface area contributed by atoms with Gasteiger partial charge in [-0.05, 0) is 29.8 Å². The number of rotatable bonds is 8. The summed E-state index contributed by atoms with van der Waals surface area (Å²) in [5, 5.41) is 5.70. The molecule has 0 aliphatic heterocycles. The standard InChI is InChI=1S/C24H24N2O4/c1-29-19-13-14-22(30-2)20(16-19)25-24(28)21(15-17-9-5-3-6-10-17)26-23(27)18-11-7-4-8-12-18/h3-14,16,21H,15H2,1-2H3,(H,25,28)(H,26,27)/t21-/m1/s1. The van der Waals surface area contributed by atoms with Crippen molar-refractivity contribution in [2.75, 3.05) is 19.5 Å². The van der Waals surface area contributed by atoms with Crippen molar-refractivity contribution >= 4 is 17.5 Å². The molecular formula is C24H24N2O4. The Morgan fingerprint density at radius 2 is 1.53 bits per heavy atom. The molecule has 154 valence electrons. The second-order valence-electron chi connectivity index (χ2n) is 6.64. The molecule has 0 saturated carbocycles. The third kappa shape index (κ3) is 5.38. The lowest BCUT2D eigenvalue weighted by Gasteiger charge is -2.20. The SMILES string of the molecule is COc1ccc(OC)c(NC(=O)[C@@H](Cc2ccccc2)NC(=O)c2ccccc2)c1. The van der Waals surface area contributed by atoms with Crippen molar-refractivity contribution in [2.45, 2.75) is 12.5 Å². The molecule has 0 spiro atoms. The first-order chi connectivity index (χ1) is 14.6. The van der Waals surface area contributed by atoms with Gasteiger partial charge >= 0.3 is 0 Å². The average Bonchev–Trinajstić information content (AvgIpc) is 2.79. The number of benzene rings is 3. The maximum atomic E-state index is 13.1. The zero-order valence-electron chi connectivity index (χ0n) is 16.9. The first-order valence-corrected chi connectivity index (χ1v) is 9.53. The van der Waals surface area contributed by atoms with Crippen LogP contribution in [0, 0.1) is 0 Å². The summed E-state index contributed by atoms with van der Waals surface area (Å²) in [5.74, 6) is 0.412. The summed E-state index contributed by atoms with van der Waals surface area (Å²) < 4.78 is 10.6. The highest BCUT2D eigenvalue weighted by molar-refractivity contribution is 6.02. The molecule has 0 aliphatic rings. The lowest BCUT2D eigenvalue weighted by Crippen LogP contribution is -2.45. The summed E-state index contributed by atoms with van der Waals surface area (Å²) in [6.45, 7) is 0. The molecule has 2 amide bonds. The van der Waals surface area contributed by atoms with E-state index in [2.05, 4.69) is 10.6 Å². The topological polar surface area (TPSA) is 76.7 Å². The van der Waals surface area contributed by atoms with Gasteiger partial charge in [0.2, 0.25) is 5.91 Å². The minimum absolute atomic E-state index is 0.315. The van der Waals surface area contributed by atoms with Crippen molar-refractivity contribution in [3.05, 3.63) is 90.0 Å². The lowest BCUT2D eigenvalue weighted by atomic mass is 10.0. The Labute approximate surface area is 175 Å². The predicted molar refractivity (Wildman–Crippen MR) is 116 cm³/mol. The van der Waals surface area contributed by atoms with Gasteiger partial charge in [0.25, 0.3) is 5.91 Å². The molecular weight excluding hydrogens is 380 g/mol. The summed E-state index contributed by atoms with van der Waals surface area (Å²) in [4.78, 5) is 25.8. The molecule has 1 atom stereocenters. The van der Waals surface area contributed by atoms with E-state index in [1.54, 1.807) is 49.6 Å². The summed E-state index contributed by atoms with van der Waals surface area (Å²) in [7, 11) is 3.07. The van der Waals surface area contributed by atoms with E-state index in [4.69, 9.17) is 9.47 Å². The first-order valence-electron chi connectivity index (χ1n) is 9.53. The number of carbonyl (C=O) groups excluding carboxylic acids is 2. The van der Waals surface area contributed by atoms with Gasteiger partial charge in [0, 0.05) is 18.1 Å². The van der Waals surface area contributed by atoms with Crippen LogP contribution in [-0.2, 0) is 11.2 Å². The Kier molecular flexibility index (Phi) is 7.05. The first kappa shape index (κ1) is 20.9. The van der Waals surface area contributed by atoms with E-state index in [0.29, 0.717) is 29.2 Å². The van der Waals surface area contributed by atoms with Crippen molar-refractivity contribution in [3.63, 3.8) is 0 Å². The number of carbonyl (C=O) groups is 2. The van der Waals surface area contributed by atoms with E-state index in [1.165, 1.54) is 7.11 Å². The van der Waals surface area contributed by atoms with Gasteiger partial charge in [-0.25, -0.2) is 0 Å². The molecule has 3 aromatic rings. The van der Waals surface area contributed by atoms with E-state index >= 15 is 0 Å². The monoisotopic (exact) mass is 404 g/mol. The van der Waals surface area contributed by atoms with Crippen LogP contribution in [0.5, 0.6) is 11.5 Å². The smallest absolute Gasteiger partial charge is 0.251 e. The van der Waals surface area contributed by atoms with Crippen LogP contribution in [0.15, 0.2) is 78.9 Å². The van der Waals surface area contributed by atoms with Crippen LogP contribution in [0.4, 0.5) is 5.69 Å². The van der Waals surface area contributed by atoms with E-state index in [-0.39, 0.29) is 11.8 Å². The Hall–Kier alpha value is -3.80. The highest BCUT2D eigenvalue weighted by Gasteiger charge is 2.23. The molecule has 6 nitrogen and oxygen atoms in total.